The van der Waals surface area contributed by atoms with E-state index >= 15 is 0 Å². The van der Waals surface area contributed by atoms with Gasteiger partial charge in [0.25, 0.3) is 0 Å². The van der Waals surface area contributed by atoms with Crippen LogP contribution in [0.15, 0.2) is 24.5 Å². The zero-order chi connectivity index (χ0) is 11.0. The number of aryl methyl sites for hydroxylation is 1. The molecule has 0 unspecified atom stereocenters. The molecule has 3 aromatic rings. The molecule has 0 spiro atoms. The van der Waals surface area contributed by atoms with Crippen LogP contribution in [0, 0.1) is 0 Å². The van der Waals surface area contributed by atoms with E-state index in [2.05, 4.69) is 21.9 Å². The molecule has 0 N–H and O–H groups in total. The van der Waals surface area contributed by atoms with Crippen LogP contribution in [0.5, 0.6) is 0 Å². The van der Waals surface area contributed by atoms with Gasteiger partial charge in [0.05, 0.1) is 21.4 Å². The van der Waals surface area contributed by atoms with Crippen LogP contribution in [0.2, 0.25) is 0 Å². The van der Waals surface area contributed by atoms with Crippen molar-refractivity contribution in [2.24, 2.45) is 0 Å². The molecular formula is C12H11N3S. The Morgan fingerprint density at radius 2 is 2.19 bits per heavy atom. The van der Waals surface area contributed by atoms with Crippen LogP contribution in [0.25, 0.3) is 21.3 Å². The van der Waals surface area contributed by atoms with Crippen molar-refractivity contribution in [3.8, 4) is 0 Å². The van der Waals surface area contributed by atoms with Crippen LogP contribution in [0.3, 0.4) is 0 Å². The van der Waals surface area contributed by atoms with E-state index < -0.39 is 0 Å². The largest absolute Gasteiger partial charge is 0.253 e. The Bertz CT molecular complexity index is 645. The van der Waals surface area contributed by atoms with Gasteiger partial charge in [-0.25, -0.2) is 4.98 Å². The summed E-state index contributed by atoms with van der Waals surface area (Å²) in [5, 5.41) is 1.18. The molecule has 0 aliphatic heterocycles. The summed E-state index contributed by atoms with van der Waals surface area (Å²) in [6.07, 6.45) is 5.81. The van der Waals surface area contributed by atoms with Crippen molar-refractivity contribution in [3.05, 3.63) is 29.5 Å². The number of hydrogen-bond donors (Lipinski definition) is 0. The Kier molecular flexibility index (Phi) is 2.29. The molecule has 3 heterocycles. The SMILES string of the molecule is CCCc1nc2cnc3cccnc3c2s1. The second kappa shape index (κ2) is 3.79. The van der Waals surface area contributed by atoms with Crippen molar-refractivity contribution in [2.45, 2.75) is 19.8 Å². The molecule has 0 atom stereocenters. The van der Waals surface area contributed by atoms with Gasteiger partial charge >= 0.3 is 0 Å². The fourth-order valence-electron chi connectivity index (χ4n) is 1.76. The van der Waals surface area contributed by atoms with Gasteiger partial charge in [0.1, 0.15) is 11.0 Å². The fraction of sp³-hybridized carbons (Fsp3) is 0.250. The van der Waals surface area contributed by atoms with Crippen LogP contribution >= 0.6 is 11.3 Å². The number of aromatic nitrogens is 3. The van der Waals surface area contributed by atoms with E-state index in [4.69, 9.17) is 0 Å². The van der Waals surface area contributed by atoms with Gasteiger partial charge < -0.3 is 0 Å². The molecule has 0 saturated carbocycles. The summed E-state index contributed by atoms with van der Waals surface area (Å²) in [5.41, 5.74) is 2.89. The molecule has 3 nitrogen and oxygen atoms in total. The summed E-state index contributed by atoms with van der Waals surface area (Å²) < 4.78 is 1.16. The Morgan fingerprint density at radius 1 is 1.25 bits per heavy atom. The third-order valence-electron chi connectivity index (χ3n) is 2.49. The predicted molar refractivity (Wildman–Crippen MR) is 66.7 cm³/mol. The Hall–Kier alpha value is -1.55. The van der Waals surface area contributed by atoms with Crippen molar-refractivity contribution in [1.29, 1.82) is 0 Å². The molecule has 4 heteroatoms. The standard InChI is InChI=1S/C12H11N3S/c1-2-4-10-15-9-7-14-8-5-3-6-13-11(8)12(9)16-10/h3,5-7H,2,4H2,1H3. The Morgan fingerprint density at radius 3 is 3.06 bits per heavy atom. The predicted octanol–water partition coefficient (Wildman–Crippen LogP) is 3.19. The maximum Gasteiger partial charge on any atom is 0.108 e. The first-order valence-electron chi connectivity index (χ1n) is 5.37. The third-order valence-corrected chi connectivity index (χ3v) is 3.63. The number of nitrogens with zero attached hydrogens (tertiary/aromatic N) is 3. The molecule has 3 aromatic heterocycles. The minimum Gasteiger partial charge on any atom is -0.253 e. The lowest BCUT2D eigenvalue weighted by Gasteiger charge is -1.94. The topological polar surface area (TPSA) is 38.7 Å². The smallest absolute Gasteiger partial charge is 0.108 e. The van der Waals surface area contributed by atoms with Crippen molar-refractivity contribution >= 4 is 32.6 Å². The molecule has 0 saturated heterocycles. The monoisotopic (exact) mass is 229 g/mol. The molecule has 0 aliphatic carbocycles. The maximum absolute atomic E-state index is 4.57. The normalized spacial score (nSPS) is 11.3. The second-order valence-corrected chi connectivity index (χ2v) is 4.78. The lowest BCUT2D eigenvalue weighted by molar-refractivity contribution is 0.912. The van der Waals surface area contributed by atoms with Gasteiger partial charge in [-0.05, 0) is 25.0 Å². The molecule has 0 fully saturated rings. The molecular weight excluding hydrogens is 218 g/mol. The van der Waals surface area contributed by atoms with Crippen molar-refractivity contribution in [1.82, 2.24) is 15.0 Å². The zero-order valence-corrected chi connectivity index (χ0v) is 9.79. The van der Waals surface area contributed by atoms with Gasteiger partial charge in [0, 0.05) is 6.20 Å². The Balaban J connectivity index is 2.32. The highest BCUT2D eigenvalue weighted by atomic mass is 32.1. The first-order chi connectivity index (χ1) is 7.88. The summed E-state index contributed by atoms with van der Waals surface area (Å²) >= 11 is 1.74. The molecule has 0 aromatic carbocycles. The van der Waals surface area contributed by atoms with E-state index in [1.165, 1.54) is 5.01 Å². The molecule has 80 valence electrons. The fourth-order valence-corrected chi connectivity index (χ4v) is 2.91. The minimum absolute atomic E-state index is 0.946. The molecule has 16 heavy (non-hydrogen) atoms. The van der Waals surface area contributed by atoms with Crippen molar-refractivity contribution in [2.75, 3.05) is 0 Å². The zero-order valence-electron chi connectivity index (χ0n) is 8.97. The van der Waals surface area contributed by atoms with E-state index in [1.807, 2.05) is 24.5 Å². The van der Waals surface area contributed by atoms with Gasteiger partial charge in [-0.3, -0.25) is 9.97 Å². The highest BCUT2D eigenvalue weighted by Gasteiger charge is 2.08. The molecule has 3 rings (SSSR count). The van der Waals surface area contributed by atoms with Crippen LogP contribution in [-0.2, 0) is 6.42 Å². The van der Waals surface area contributed by atoms with E-state index in [0.29, 0.717) is 0 Å². The van der Waals surface area contributed by atoms with Gasteiger partial charge in [0.15, 0.2) is 0 Å². The summed E-state index contributed by atoms with van der Waals surface area (Å²) in [5.74, 6) is 0. The van der Waals surface area contributed by atoms with Crippen LogP contribution in [-0.4, -0.2) is 15.0 Å². The summed E-state index contributed by atoms with van der Waals surface area (Å²) in [6.45, 7) is 2.17. The quantitative estimate of drug-likeness (QED) is 0.677. The van der Waals surface area contributed by atoms with E-state index in [9.17, 15) is 0 Å². The molecule has 0 amide bonds. The van der Waals surface area contributed by atoms with Crippen molar-refractivity contribution in [3.63, 3.8) is 0 Å². The second-order valence-electron chi connectivity index (χ2n) is 3.70. The lowest BCUT2D eigenvalue weighted by atomic mass is 10.3. The number of thiazole rings is 1. The van der Waals surface area contributed by atoms with Gasteiger partial charge in [-0.2, -0.15) is 0 Å². The number of rotatable bonds is 2. The van der Waals surface area contributed by atoms with Crippen molar-refractivity contribution < 1.29 is 0 Å². The van der Waals surface area contributed by atoms with Gasteiger partial charge in [-0.15, -0.1) is 11.3 Å². The minimum atomic E-state index is 0.946. The molecule has 0 aliphatic rings. The third kappa shape index (κ3) is 1.46. The Labute approximate surface area is 97.2 Å². The molecule has 0 radical (unpaired) electrons. The molecule has 0 bridgehead atoms. The van der Waals surface area contributed by atoms with Crippen LogP contribution in [0.1, 0.15) is 18.4 Å². The van der Waals surface area contributed by atoms with Gasteiger partial charge in [0.2, 0.25) is 0 Å². The lowest BCUT2D eigenvalue weighted by Crippen LogP contribution is -1.82. The summed E-state index contributed by atoms with van der Waals surface area (Å²) in [7, 11) is 0. The van der Waals surface area contributed by atoms with Crippen LogP contribution < -0.4 is 0 Å². The number of hydrogen-bond acceptors (Lipinski definition) is 4. The summed E-state index contributed by atoms with van der Waals surface area (Å²) in [4.78, 5) is 13.3. The first kappa shape index (κ1) is 9.66. The van der Waals surface area contributed by atoms with E-state index in [0.717, 1.165) is 34.1 Å². The number of pyridine rings is 2. The average molecular weight is 229 g/mol. The van der Waals surface area contributed by atoms with E-state index in [-0.39, 0.29) is 0 Å². The average Bonchev–Trinajstić information content (AvgIpc) is 2.72. The highest BCUT2D eigenvalue weighted by Crippen LogP contribution is 2.27. The van der Waals surface area contributed by atoms with Gasteiger partial charge in [-0.1, -0.05) is 6.92 Å². The number of fused-ring (bicyclic) bond motifs is 3. The first-order valence-corrected chi connectivity index (χ1v) is 6.19. The maximum atomic E-state index is 4.57. The summed E-state index contributed by atoms with van der Waals surface area (Å²) in [6, 6.07) is 3.90. The van der Waals surface area contributed by atoms with E-state index in [1.54, 1.807) is 11.3 Å². The van der Waals surface area contributed by atoms with Crippen LogP contribution in [0.4, 0.5) is 0 Å². The highest BCUT2D eigenvalue weighted by molar-refractivity contribution is 7.19.